The van der Waals surface area contributed by atoms with Crippen molar-refractivity contribution in [3.05, 3.63) is 47.5 Å². The molecule has 11 heteroatoms. The van der Waals surface area contributed by atoms with Crippen molar-refractivity contribution in [1.82, 2.24) is 9.97 Å². The van der Waals surface area contributed by atoms with Gasteiger partial charge in [-0.25, -0.2) is 14.4 Å². The predicted octanol–water partition coefficient (Wildman–Crippen LogP) is 4.05. The molecule has 1 unspecified atom stereocenters. The van der Waals surface area contributed by atoms with Gasteiger partial charge in [-0.1, -0.05) is 17.7 Å². The lowest BCUT2D eigenvalue weighted by molar-refractivity contribution is -0.916. The summed E-state index contributed by atoms with van der Waals surface area (Å²) in [4.78, 5) is 21.1. The molecule has 2 aliphatic heterocycles. The molecule has 0 bridgehead atoms. The second-order valence-electron chi connectivity index (χ2n) is 10.3. The van der Waals surface area contributed by atoms with Crippen LogP contribution < -0.4 is 20.5 Å². The number of carbonyl (C=O) groups is 1. The van der Waals surface area contributed by atoms with Crippen molar-refractivity contribution in [1.29, 1.82) is 0 Å². The van der Waals surface area contributed by atoms with Crippen molar-refractivity contribution in [3.63, 3.8) is 0 Å². The Morgan fingerprint density at radius 3 is 2.79 bits per heavy atom. The van der Waals surface area contributed by atoms with E-state index < -0.39 is 5.82 Å². The van der Waals surface area contributed by atoms with Gasteiger partial charge in [0.1, 0.15) is 18.7 Å². The van der Waals surface area contributed by atoms with Gasteiger partial charge < -0.3 is 29.7 Å². The number of fused-ring (bicyclic) bond motifs is 1. The lowest BCUT2D eigenvalue weighted by Crippen LogP contribution is -2.56. The van der Waals surface area contributed by atoms with Crippen molar-refractivity contribution < 1.29 is 27.9 Å². The summed E-state index contributed by atoms with van der Waals surface area (Å²) in [5.74, 6) is 0.956. The molecule has 38 heavy (non-hydrogen) atoms. The predicted molar refractivity (Wildman–Crippen MR) is 142 cm³/mol. The van der Waals surface area contributed by atoms with E-state index in [9.17, 15) is 9.18 Å². The number of carbonyl (C=O) groups excluding carboxylic acids is 1. The molecular weight excluding hydrogens is 513 g/mol. The van der Waals surface area contributed by atoms with E-state index >= 15 is 0 Å². The van der Waals surface area contributed by atoms with Crippen LogP contribution in [0.25, 0.3) is 10.9 Å². The van der Waals surface area contributed by atoms with E-state index in [1.54, 1.807) is 31.4 Å². The third kappa shape index (κ3) is 5.34. The van der Waals surface area contributed by atoms with Crippen LogP contribution in [0.5, 0.6) is 11.5 Å². The van der Waals surface area contributed by atoms with Gasteiger partial charge in [0, 0.05) is 30.6 Å². The molecule has 202 valence electrons. The van der Waals surface area contributed by atoms with Crippen molar-refractivity contribution >= 4 is 39.9 Å². The molecule has 3 heterocycles. The van der Waals surface area contributed by atoms with Crippen LogP contribution in [0.2, 0.25) is 5.02 Å². The number of primary amides is 1. The molecule has 2 fully saturated rings. The van der Waals surface area contributed by atoms with E-state index in [0.29, 0.717) is 51.6 Å². The summed E-state index contributed by atoms with van der Waals surface area (Å²) in [6, 6.07) is 7.89. The molecule has 9 nitrogen and oxygen atoms in total. The Morgan fingerprint density at radius 1 is 1.26 bits per heavy atom. The number of likely N-dealkylation sites (N-methyl/N-ethyl adjacent to an activating group) is 1. The molecule has 3 N–H and O–H groups in total. The van der Waals surface area contributed by atoms with Gasteiger partial charge in [-0.05, 0) is 31.0 Å². The minimum Gasteiger partial charge on any atom is -0.493 e. The molecule has 1 amide bonds. The molecule has 3 atom stereocenters. The number of nitrogens with two attached hydrogens (primary N) is 1. The maximum absolute atomic E-state index is 14.6. The SMILES string of the molecule is COc1cc2ncnc(Nc3cccc(Cl)c3F)c2cc1O[C@H]1C[C@H](C(N)=O)[N+](C)(CC2CCOCC2)C1. The standard InChI is InChI=1S/C27H31ClFN5O4/c1-34(13-16-6-8-37-9-7-16)14-17(10-22(34)26(30)35)38-24-11-18-21(12-23(24)36-2)31-15-32-27(18)33-20-5-3-4-19(28)25(20)29/h3-5,11-12,15-17,22H,6-10,13-14H2,1-2H3,(H2-,30,31,32,33,35)/p+1/t17-,22+,34?/m0/s1. The summed E-state index contributed by atoms with van der Waals surface area (Å²) < 4.78 is 32.7. The quantitative estimate of drug-likeness (QED) is 0.412. The largest absolute Gasteiger partial charge is 0.493 e. The van der Waals surface area contributed by atoms with Crippen LogP contribution in [0.1, 0.15) is 19.3 Å². The van der Waals surface area contributed by atoms with Crippen molar-refractivity contribution in [3.8, 4) is 11.5 Å². The maximum Gasteiger partial charge on any atom is 0.275 e. The lowest BCUT2D eigenvalue weighted by Gasteiger charge is -2.38. The zero-order chi connectivity index (χ0) is 26.9. The lowest BCUT2D eigenvalue weighted by atomic mass is 9.98. The fraction of sp³-hybridized carbons (Fsp3) is 0.444. The zero-order valence-corrected chi connectivity index (χ0v) is 22.2. The number of methoxy groups -OCH3 is 1. The highest BCUT2D eigenvalue weighted by molar-refractivity contribution is 6.31. The number of quaternary nitrogens is 1. The van der Waals surface area contributed by atoms with Gasteiger partial charge >= 0.3 is 0 Å². The number of anilines is 2. The molecule has 2 aromatic carbocycles. The first-order valence-corrected chi connectivity index (χ1v) is 13.1. The highest BCUT2D eigenvalue weighted by atomic mass is 35.5. The normalized spacial score (nSPS) is 23.9. The van der Waals surface area contributed by atoms with Crippen molar-refractivity contribution in [2.45, 2.75) is 31.4 Å². The Bertz CT molecular complexity index is 1340. The molecule has 5 rings (SSSR count). The Labute approximate surface area is 225 Å². The first-order valence-electron chi connectivity index (χ1n) is 12.7. The van der Waals surface area contributed by atoms with E-state index in [4.69, 9.17) is 31.5 Å². The van der Waals surface area contributed by atoms with Gasteiger partial charge in [0.2, 0.25) is 0 Å². The van der Waals surface area contributed by atoms with E-state index in [0.717, 1.165) is 32.6 Å². The zero-order valence-electron chi connectivity index (χ0n) is 21.5. The average Bonchev–Trinajstić information content (AvgIpc) is 3.22. The Morgan fingerprint density at radius 2 is 2.05 bits per heavy atom. The Hall–Kier alpha value is -3.21. The highest BCUT2D eigenvalue weighted by Gasteiger charge is 2.49. The molecule has 0 spiro atoms. The van der Waals surface area contributed by atoms with Gasteiger partial charge in [-0.15, -0.1) is 0 Å². The molecular formula is C27H32ClFN5O4+. The number of nitrogens with zero attached hydrogens (tertiary/aromatic N) is 3. The highest BCUT2D eigenvalue weighted by Crippen LogP contribution is 2.38. The molecule has 0 aliphatic carbocycles. The number of benzene rings is 2. The van der Waals surface area contributed by atoms with E-state index in [2.05, 4.69) is 22.3 Å². The fourth-order valence-corrected chi connectivity index (χ4v) is 5.90. The van der Waals surface area contributed by atoms with E-state index in [-0.39, 0.29) is 28.8 Å². The number of amides is 1. The van der Waals surface area contributed by atoms with Crippen LogP contribution >= 0.6 is 11.6 Å². The third-order valence-corrected chi connectivity index (χ3v) is 7.91. The smallest absolute Gasteiger partial charge is 0.275 e. The minimum atomic E-state index is -0.573. The molecule has 2 aliphatic rings. The van der Waals surface area contributed by atoms with Crippen LogP contribution in [-0.2, 0) is 9.53 Å². The van der Waals surface area contributed by atoms with Crippen molar-refractivity contribution in [2.24, 2.45) is 11.7 Å². The van der Waals surface area contributed by atoms with Gasteiger partial charge in [-0.2, -0.15) is 0 Å². The van der Waals surface area contributed by atoms with Gasteiger partial charge in [-0.3, -0.25) is 4.79 Å². The fourth-order valence-electron chi connectivity index (χ4n) is 5.72. The number of likely N-dealkylation sites (tertiary alicyclic amines) is 1. The summed E-state index contributed by atoms with van der Waals surface area (Å²) in [6.45, 7) is 2.98. The number of aromatic nitrogens is 2. The summed E-state index contributed by atoms with van der Waals surface area (Å²) >= 11 is 5.95. The van der Waals surface area contributed by atoms with Crippen LogP contribution in [0, 0.1) is 11.7 Å². The second-order valence-corrected chi connectivity index (χ2v) is 10.7. The van der Waals surface area contributed by atoms with Crippen LogP contribution in [0.3, 0.4) is 0 Å². The van der Waals surface area contributed by atoms with E-state index in [1.165, 1.54) is 12.4 Å². The first-order chi connectivity index (χ1) is 18.3. The van der Waals surface area contributed by atoms with Gasteiger partial charge in [0.05, 0.1) is 43.3 Å². The maximum atomic E-state index is 14.6. The molecule has 0 saturated carbocycles. The molecule has 3 aromatic rings. The Balaban J connectivity index is 1.43. The minimum absolute atomic E-state index is 0.00576. The van der Waals surface area contributed by atoms with Crippen LogP contribution in [-0.4, -0.2) is 73.0 Å². The number of hydrogen-bond acceptors (Lipinski definition) is 7. The van der Waals surface area contributed by atoms with Crippen LogP contribution in [0.15, 0.2) is 36.7 Å². The number of hydrogen-bond donors (Lipinski definition) is 2. The monoisotopic (exact) mass is 544 g/mol. The first kappa shape index (κ1) is 26.4. The van der Waals surface area contributed by atoms with Crippen molar-refractivity contribution in [2.75, 3.05) is 45.8 Å². The van der Waals surface area contributed by atoms with E-state index in [1.807, 2.05) is 0 Å². The summed E-state index contributed by atoms with van der Waals surface area (Å²) in [6.07, 6.45) is 3.59. The molecule has 1 aromatic heterocycles. The number of halogens is 2. The summed E-state index contributed by atoms with van der Waals surface area (Å²) in [5.41, 5.74) is 6.64. The molecule has 0 radical (unpaired) electrons. The Kier molecular flexibility index (Phi) is 7.56. The third-order valence-electron chi connectivity index (χ3n) is 7.62. The van der Waals surface area contributed by atoms with Gasteiger partial charge in [0.15, 0.2) is 29.5 Å². The summed E-state index contributed by atoms with van der Waals surface area (Å²) in [7, 11) is 3.64. The van der Waals surface area contributed by atoms with Crippen LogP contribution in [0.4, 0.5) is 15.9 Å². The summed E-state index contributed by atoms with van der Waals surface area (Å²) in [5, 5.41) is 3.64. The topological polar surface area (TPSA) is 109 Å². The number of nitrogens with one attached hydrogen (secondary N) is 1. The second kappa shape index (κ2) is 10.9. The average molecular weight is 545 g/mol. The van der Waals surface area contributed by atoms with Gasteiger partial charge in [0.25, 0.3) is 5.91 Å². The number of ether oxygens (including phenoxy) is 3. The number of rotatable bonds is 8. The molecule has 2 saturated heterocycles.